The van der Waals surface area contributed by atoms with Crippen molar-refractivity contribution in [1.82, 2.24) is 0 Å². The second kappa shape index (κ2) is 8.58. The Morgan fingerprint density at radius 3 is 2.39 bits per heavy atom. The lowest BCUT2D eigenvalue weighted by Crippen LogP contribution is -2.57. The topological polar surface area (TPSA) is 166 Å². The Hall–Kier alpha value is -0.470. The number of hydrogen-bond donors (Lipinski definition) is 5. The lowest BCUT2D eigenvalue weighted by molar-refractivity contribution is -0.205. The fourth-order valence-corrected chi connectivity index (χ4v) is 3.21. The molecule has 10 nitrogen and oxygen atoms in total. The molecule has 0 bridgehead atoms. The molecule has 1 heterocycles. The van der Waals surface area contributed by atoms with Crippen molar-refractivity contribution in [3.05, 3.63) is 0 Å². The van der Waals surface area contributed by atoms with E-state index in [9.17, 15) is 23.7 Å². The van der Waals surface area contributed by atoms with E-state index in [0.717, 1.165) is 11.8 Å². The van der Waals surface area contributed by atoms with Gasteiger partial charge in [-0.15, -0.1) is 0 Å². The maximum absolute atomic E-state index is 10.6. The molecule has 6 atom stereocenters. The molecule has 23 heavy (non-hydrogen) atoms. The van der Waals surface area contributed by atoms with Crippen LogP contribution in [0.2, 0.25) is 0 Å². The molecular formula is C11H21NO9S2. The highest BCUT2D eigenvalue weighted by atomic mass is 32.3. The number of nitrogens with zero attached hydrogens (tertiary/aromatic N) is 1. The normalized spacial score (nSPS) is 34.2. The number of oxime groups is 1. The van der Waals surface area contributed by atoms with Crippen molar-refractivity contribution in [2.24, 2.45) is 11.1 Å². The molecule has 1 fully saturated rings. The summed E-state index contributed by atoms with van der Waals surface area (Å²) in [7, 11) is -4.78. The molecule has 0 aromatic heterocycles. The fraction of sp³-hybridized carbons (Fsp3) is 0.909. The van der Waals surface area contributed by atoms with Gasteiger partial charge in [-0.2, -0.15) is 8.42 Å². The minimum absolute atomic E-state index is 0.0921. The number of rotatable bonds is 6. The van der Waals surface area contributed by atoms with E-state index in [1.54, 1.807) is 13.8 Å². The highest BCUT2D eigenvalue weighted by molar-refractivity contribution is 8.14. The van der Waals surface area contributed by atoms with E-state index in [1.807, 2.05) is 0 Å². The molecule has 136 valence electrons. The summed E-state index contributed by atoms with van der Waals surface area (Å²) in [6.07, 6.45) is -5.11. The molecule has 1 saturated heterocycles. The van der Waals surface area contributed by atoms with Crippen LogP contribution >= 0.6 is 11.8 Å². The third-order valence-corrected chi connectivity index (χ3v) is 4.94. The second-order valence-corrected chi connectivity index (χ2v) is 7.18. The number of hydrogen-bond acceptors (Lipinski definition) is 10. The first-order valence-corrected chi connectivity index (χ1v) is 9.06. The van der Waals surface area contributed by atoms with E-state index in [1.165, 1.54) is 0 Å². The third kappa shape index (κ3) is 5.83. The molecule has 0 amide bonds. The Morgan fingerprint density at radius 2 is 1.91 bits per heavy atom. The van der Waals surface area contributed by atoms with Gasteiger partial charge >= 0.3 is 10.4 Å². The molecule has 12 heteroatoms. The Kier molecular flexibility index (Phi) is 7.67. The van der Waals surface area contributed by atoms with Gasteiger partial charge in [0.2, 0.25) is 0 Å². The van der Waals surface area contributed by atoms with Gasteiger partial charge in [-0.05, 0) is 6.42 Å². The number of aliphatic hydroxyl groups is 4. The van der Waals surface area contributed by atoms with Crippen LogP contribution in [0.1, 0.15) is 20.3 Å². The van der Waals surface area contributed by atoms with Crippen molar-refractivity contribution < 1.29 is 42.4 Å². The summed E-state index contributed by atoms with van der Waals surface area (Å²) in [4.78, 5) is 0. The molecule has 0 saturated carbocycles. The van der Waals surface area contributed by atoms with Crippen molar-refractivity contribution >= 4 is 27.2 Å². The first-order chi connectivity index (χ1) is 10.6. The zero-order chi connectivity index (χ0) is 17.8. The molecule has 1 aliphatic rings. The van der Waals surface area contributed by atoms with E-state index >= 15 is 0 Å². The summed E-state index contributed by atoms with van der Waals surface area (Å²) < 4.78 is 39.1. The number of thioether (sulfide) groups is 1. The van der Waals surface area contributed by atoms with Gasteiger partial charge < -0.3 is 25.2 Å². The van der Waals surface area contributed by atoms with Crippen LogP contribution in [0, 0.1) is 5.92 Å². The van der Waals surface area contributed by atoms with Crippen LogP contribution in [0.4, 0.5) is 0 Å². The Morgan fingerprint density at radius 1 is 1.30 bits per heavy atom. The Balaban J connectivity index is 2.93. The number of ether oxygens (including phenoxy) is 1. The summed E-state index contributed by atoms with van der Waals surface area (Å²) in [5, 5.41) is 41.9. The van der Waals surface area contributed by atoms with Crippen LogP contribution in [0.15, 0.2) is 5.16 Å². The van der Waals surface area contributed by atoms with Crippen LogP contribution in [0.25, 0.3) is 0 Å². The lowest BCUT2D eigenvalue weighted by atomic mass is 10.0. The molecule has 1 rings (SSSR count). The van der Waals surface area contributed by atoms with Gasteiger partial charge in [-0.3, -0.25) is 4.55 Å². The predicted molar refractivity (Wildman–Crippen MR) is 80.9 cm³/mol. The van der Waals surface area contributed by atoms with E-state index in [2.05, 4.69) is 9.44 Å². The van der Waals surface area contributed by atoms with E-state index in [0.29, 0.717) is 6.42 Å². The van der Waals surface area contributed by atoms with Crippen LogP contribution in [0.5, 0.6) is 0 Å². The first kappa shape index (κ1) is 20.6. The maximum Gasteiger partial charge on any atom is 0.466 e. The van der Waals surface area contributed by atoms with Gasteiger partial charge in [0.25, 0.3) is 0 Å². The van der Waals surface area contributed by atoms with Crippen molar-refractivity contribution in [2.45, 2.75) is 50.1 Å². The molecule has 0 spiro atoms. The molecule has 0 unspecified atom stereocenters. The van der Waals surface area contributed by atoms with Gasteiger partial charge in [-0.1, -0.05) is 30.8 Å². The molecular weight excluding hydrogens is 354 g/mol. The minimum atomic E-state index is -4.78. The summed E-state index contributed by atoms with van der Waals surface area (Å²) in [5.41, 5.74) is -1.12. The van der Waals surface area contributed by atoms with Gasteiger partial charge in [0, 0.05) is 5.92 Å². The third-order valence-electron chi connectivity index (χ3n) is 3.34. The van der Waals surface area contributed by atoms with Gasteiger partial charge in [0.15, 0.2) is 0 Å². The average Bonchev–Trinajstić information content (AvgIpc) is 2.49. The van der Waals surface area contributed by atoms with Crippen LogP contribution in [0.3, 0.4) is 0 Å². The molecule has 0 aromatic carbocycles. The molecule has 0 aliphatic carbocycles. The maximum atomic E-state index is 10.6. The van der Waals surface area contributed by atoms with Gasteiger partial charge in [0.1, 0.15) is 34.9 Å². The predicted octanol–water partition coefficient (Wildman–Crippen LogP) is -1.30. The SMILES string of the molecule is CC[C@H](C)C(=NOS(=O)(=O)O)S[C@@H]1O[C@H](CO)[C@H](O)[C@H](O)[C@H]1O. The molecule has 5 N–H and O–H groups in total. The van der Waals surface area contributed by atoms with Gasteiger partial charge in [-0.25, -0.2) is 4.28 Å². The van der Waals surface area contributed by atoms with E-state index < -0.39 is 46.9 Å². The minimum Gasteiger partial charge on any atom is -0.394 e. The molecule has 1 aliphatic heterocycles. The summed E-state index contributed by atoms with van der Waals surface area (Å²) in [6.45, 7) is 2.91. The second-order valence-electron chi connectivity index (χ2n) is 5.06. The fourth-order valence-electron chi connectivity index (χ4n) is 1.77. The van der Waals surface area contributed by atoms with Crippen LogP contribution in [-0.2, 0) is 19.4 Å². The zero-order valence-electron chi connectivity index (χ0n) is 12.5. The Bertz CT molecular complexity index is 510. The van der Waals surface area contributed by atoms with Gasteiger partial charge in [0.05, 0.1) is 6.61 Å². The Labute approximate surface area is 138 Å². The average molecular weight is 375 g/mol. The highest BCUT2D eigenvalue weighted by Crippen LogP contribution is 2.31. The summed E-state index contributed by atoms with van der Waals surface area (Å²) in [6, 6.07) is 0. The van der Waals surface area contributed by atoms with Crippen molar-refractivity contribution in [1.29, 1.82) is 0 Å². The molecule has 0 radical (unpaired) electrons. The van der Waals surface area contributed by atoms with Crippen molar-refractivity contribution in [3.8, 4) is 0 Å². The smallest absolute Gasteiger partial charge is 0.394 e. The van der Waals surface area contributed by atoms with Crippen molar-refractivity contribution in [3.63, 3.8) is 0 Å². The summed E-state index contributed by atoms with van der Waals surface area (Å²) >= 11 is 0.767. The summed E-state index contributed by atoms with van der Waals surface area (Å²) in [5.74, 6) is -0.297. The lowest BCUT2D eigenvalue weighted by Gasteiger charge is -2.39. The van der Waals surface area contributed by atoms with E-state index in [4.69, 9.17) is 14.4 Å². The number of aliphatic hydroxyl groups excluding tert-OH is 4. The van der Waals surface area contributed by atoms with Crippen LogP contribution < -0.4 is 0 Å². The largest absolute Gasteiger partial charge is 0.466 e. The quantitative estimate of drug-likeness (QED) is 0.163. The molecule has 0 aromatic rings. The van der Waals surface area contributed by atoms with E-state index in [-0.39, 0.29) is 11.0 Å². The monoisotopic (exact) mass is 375 g/mol. The zero-order valence-corrected chi connectivity index (χ0v) is 14.1. The standard InChI is InChI=1S/C11H21NO9S2/c1-3-5(2)10(12-21-23(17,18)19)22-11-9(16)8(15)7(14)6(4-13)20-11/h5-9,11,13-16H,3-4H2,1-2H3,(H,17,18,19)/t5-,6+,7-,8-,9+,11-/m0/s1. The van der Waals surface area contributed by atoms with Crippen LogP contribution in [-0.4, -0.2) is 74.9 Å². The first-order valence-electron chi connectivity index (χ1n) is 6.81. The highest BCUT2D eigenvalue weighted by Gasteiger charge is 2.44. The van der Waals surface area contributed by atoms with Crippen molar-refractivity contribution in [2.75, 3.05) is 6.61 Å².